The maximum atomic E-state index is 12.2. The second-order valence-corrected chi connectivity index (χ2v) is 6.99. The highest BCUT2D eigenvalue weighted by Crippen LogP contribution is 2.35. The SMILES string of the molecule is COc1cccc2c1OC[C@H](CNC(=O)CN(C)C1CCCC1)C2. The number of benzene rings is 1. The number of fused-ring (bicyclic) bond motifs is 1. The molecule has 0 saturated heterocycles. The molecule has 1 saturated carbocycles. The lowest BCUT2D eigenvalue weighted by molar-refractivity contribution is -0.122. The monoisotopic (exact) mass is 332 g/mol. The Morgan fingerprint density at radius 1 is 1.38 bits per heavy atom. The summed E-state index contributed by atoms with van der Waals surface area (Å²) in [6.07, 6.45) is 5.93. The van der Waals surface area contributed by atoms with Gasteiger partial charge in [0.2, 0.25) is 5.91 Å². The lowest BCUT2D eigenvalue weighted by Crippen LogP contribution is -2.42. The van der Waals surface area contributed by atoms with Crippen molar-refractivity contribution in [1.29, 1.82) is 0 Å². The Balaban J connectivity index is 1.46. The van der Waals surface area contributed by atoms with Crippen LogP contribution in [0.2, 0.25) is 0 Å². The number of hydrogen-bond acceptors (Lipinski definition) is 4. The topological polar surface area (TPSA) is 50.8 Å². The maximum absolute atomic E-state index is 12.2. The summed E-state index contributed by atoms with van der Waals surface area (Å²) in [5.41, 5.74) is 1.16. The van der Waals surface area contributed by atoms with Crippen molar-refractivity contribution >= 4 is 5.91 Å². The highest BCUT2D eigenvalue weighted by atomic mass is 16.5. The molecule has 1 fully saturated rings. The highest BCUT2D eigenvalue weighted by molar-refractivity contribution is 5.78. The maximum Gasteiger partial charge on any atom is 0.234 e. The molecule has 3 rings (SSSR count). The number of nitrogens with one attached hydrogen (secondary N) is 1. The van der Waals surface area contributed by atoms with Crippen molar-refractivity contribution in [2.75, 3.05) is 33.9 Å². The third kappa shape index (κ3) is 4.01. The van der Waals surface area contributed by atoms with Gasteiger partial charge >= 0.3 is 0 Å². The molecule has 1 aromatic carbocycles. The van der Waals surface area contributed by atoms with Crippen LogP contribution in [-0.2, 0) is 11.2 Å². The summed E-state index contributed by atoms with van der Waals surface area (Å²) in [5, 5.41) is 3.07. The molecule has 0 aromatic heterocycles. The first-order chi connectivity index (χ1) is 11.7. The van der Waals surface area contributed by atoms with Crippen LogP contribution in [0.15, 0.2) is 18.2 Å². The summed E-state index contributed by atoms with van der Waals surface area (Å²) < 4.78 is 11.2. The van der Waals surface area contributed by atoms with Gasteiger partial charge in [0.05, 0.1) is 20.3 Å². The Hall–Kier alpha value is -1.75. The third-order valence-corrected chi connectivity index (χ3v) is 5.18. The van der Waals surface area contributed by atoms with Crippen LogP contribution in [0.25, 0.3) is 0 Å². The Bertz CT molecular complexity index is 570. The van der Waals surface area contributed by atoms with Gasteiger partial charge in [-0.1, -0.05) is 25.0 Å². The highest BCUT2D eigenvalue weighted by Gasteiger charge is 2.24. The molecule has 1 N–H and O–H groups in total. The molecule has 1 aromatic rings. The average molecular weight is 332 g/mol. The van der Waals surface area contributed by atoms with Gasteiger partial charge in [-0.2, -0.15) is 0 Å². The van der Waals surface area contributed by atoms with Crippen LogP contribution in [0.5, 0.6) is 11.5 Å². The van der Waals surface area contributed by atoms with Gasteiger partial charge in [-0.3, -0.25) is 9.69 Å². The first-order valence-corrected chi connectivity index (χ1v) is 8.93. The summed E-state index contributed by atoms with van der Waals surface area (Å²) in [6.45, 7) is 1.77. The summed E-state index contributed by atoms with van der Waals surface area (Å²) in [6, 6.07) is 6.55. The van der Waals surface area contributed by atoms with Crippen LogP contribution in [0, 0.1) is 5.92 Å². The summed E-state index contributed by atoms with van der Waals surface area (Å²) >= 11 is 0. The zero-order chi connectivity index (χ0) is 16.9. The van der Waals surface area contributed by atoms with Crippen LogP contribution >= 0.6 is 0 Å². The first kappa shape index (κ1) is 17.1. The van der Waals surface area contributed by atoms with E-state index in [1.165, 1.54) is 25.7 Å². The van der Waals surface area contributed by atoms with Gasteiger partial charge < -0.3 is 14.8 Å². The largest absolute Gasteiger partial charge is 0.493 e. The quantitative estimate of drug-likeness (QED) is 0.868. The van der Waals surface area contributed by atoms with Gasteiger partial charge in [0.25, 0.3) is 0 Å². The summed E-state index contributed by atoms with van der Waals surface area (Å²) in [7, 11) is 3.72. The van der Waals surface area contributed by atoms with E-state index in [1.54, 1.807) is 7.11 Å². The zero-order valence-electron chi connectivity index (χ0n) is 14.7. The molecule has 5 heteroatoms. The smallest absolute Gasteiger partial charge is 0.234 e. The zero-order valence-corrected chi connectivity index (χ0v) is 14.7. The standard InChI is InChI=1S/C19H28N2O3/c1-21(16-7-3-4-8-16)12-18(22)20-11-14-10-15-6-5-9-17(23-2)19(15)24-13-14/h5-6,9,14,16H,3-4,7-8,10-13H2,1-2H3,(H,20,22)/t14-/m0/s1. The average Bonchev–Trinajstić information content (AvgIpc) is 3.14. The number of likely N-dealkylation sites (N-methyl/N-ethyl adjacent to an activating group) is 1. The lowest BCUT2D eigenvalue weighted by Gasteiger charge is -2.27. The molecule has 2 aliphatic rings. The molecule has 0 radical (unpaired) electrons. The minimum atomic E-state index is 0.112. The Labute approximate surface area is 144 Å². The van der Waals surface area contributed by atoms with Crippen LogP contribution in [0.4, 0.5) is 0 Å². The fraction of sp³-hybridized carbons (Fsp3) is 0.632. The number of carbonyl (C=O) groups excluding carboxylic acids is 1. The van der Waals surface area contributed by atoms with Crippen molar-refractivity contribution in [3.63, 3.8) is 0 Å². The van der Waals surface area contributed by atoms with Gasteiger partial charge in [-0.25, -0.2) is 0 Å². The second-order valence-electron chi connectivity index (χ2n) is 6.99. The fourth-order valence-electron chi connectivity index (χ4n) is 3.76. The van der Waals surface area contributed by atoms with Gasteiger partial charge in [-0.15, -0.1) is 0 Å². The third-order valence-electron chi connectivity index (χ3n) is 5.18. The van der Waals surface area contributed by atoms with E-state index in [0.717, 1.165) is 23.5 Å². The van der Waals surface area contributed by atoms with E-state index in [4.69, 9.17) is 9.47 Å². The van der Waals surface area contributed by atoms with Crippen LogP contribution in [0.3, 0.4) is 0 Å². The Kier molecular flexibility index (Phi) is 5.61. The number of carbonyl (C=O) groups is 1. The predicted octanol–water partition coefficient (Wildman–Crippen LogP) is 2.24. The molecule has 1 aliphatic heterocycles. The molecule has 0 bridgehead atoms. The van der Waals surface area contributed by atoms with E-state index in [1.807, 2.05) is 12.1 Å². The molecule has 1 heterocycles. The molecule has 1 aliphatic carbocycles. The van der Waals surface area contributed by atoms with Gasteiger partial charge in [0, 0.05) is 18.5 Å². The van der Waals surface area contributed by atoms with Crippen molar-refractivity contribution in [2.45, 2.75) is 38.1 Å². The van der Waals surface area contributed by atoms with Crippen LogP contribution < -0.4 is 14.8 Å². The molecular weight excluding hydrogens is 304 g/mol. The van der Waals surface area contributed by atoms with Crippen molar-refractivity contribution < 1.29 is 14.3 Å². The molecule has 5 nitrogen and oxygen atoms in total. The summed E-state index contributed by atoms with van der Waals surface area (Å²) in [4.78, 5) is 14.4. The number of methoxy groups -OCH3 is 1. The molecule has 1 atom stereocenters. The van der Waals surface area contributed by atoms with Crippen molar-refractivity contribution in [3.8, 4) is 11.5 Å². The van der Waals surface area contributed by atoms with E-state index < -0.39 is 0 Å². The number of nitrogens with zero attached hydrogens (tertiary/aromatic N) is 1. The number of ether oxygens (including phenoxy) is 2. The number of hydrogen-bond donors (Lipinski definition) is 1. The molecule has 0 spiro atoms. The van der Waals surface area contributed by atoms with Crippen LogP contribution in [-0.4, -0.2) is 50.7 Å². The summed E-state index contributed by atoms with van der Waals surface area (Å²) in [5.74, 6) is 2.06. The minimum absolute atomic E-state index is 0.112. The minimum Gasteiger partial charge on any atom is -0.493 e. The lowest BCUT2D eigenvalue weighted by atomic mass is 9.96. The number of amides is 1. The van der Waals surface area contributed by atoms with E-state index in [0.29, 0.717) is 31.7 Å². The van der Waals surface area contributed by atoms with Crippen LogP contribution in [0.1, 0.15) is 31.2 Å². The molecule has 0 unspecified atom stereocenters. The van der Waals surface area contributed by atoms with Crippen molar-refractivity contribution in [2.24, 2.45) is 5.92 Å². The number of rotatable bonds is 6. The second kappa shape index (κ2) is 7.88. The first-order valence-electron chi connectivity index (χ1n) is 8.93. The Morgan fingerprint density at radius 3 is 2.92 bits per heavy atom. The normalized spacial score (nSPS) is 20.5. The van der Waals surface area contributed by atoms with E-state index in [-0.39, 0.29) is 5.91 Å². The molecule has 1 amide bonds. The molecular formula is C19H28N2O3. The van der Waals surface area contributed by atoms with E-state index in [9.17, 15) is 4.79 Å². The fourth-order valence-corrected chi connectivity index (χ4v) is 3.76. The van der Waals surface area contributed by atoms with Gasteiger partial charge in [0.1, 0.15) is 0 Å². The van der Waals surface area contributed by atoms with E-state index >= 15 is 0 Å². The van der Waals surface area contributed by atoms with Crippen molar-refractivity contribution in [3.05, 3.63) is 23.8 Å². The van der Waals surface area contributed by atoms with Gasteiger partial charge in [0.15, 0.2) is 11.5 Å². The van der Waals surface area contributed by atoms with Crippen molar-refractivity contribution in [1.82, 2.24) is 10.2 Å². The predicted molar refractivity (Wildman–Crippen MR) is 93.6 cm³/mol. The molecule has 24 heavy (non-hydrogen) atoms. The van der Waals surface area contributed by atoms with E-state index in [2.05, 4.69) is 23.3 Å². The Morgan fingerprint density at radius 2 is 2.17 bits per heavy atom. The number of para-hydroxylation sites is 1. The van der Waals surface area contributed by atoms with Gasteiger partial charge in [-0.05, 0) is 37.9 Å². The molecule has 132 valence electrons.